The molecule has 0 aliphatic heterocycles. The van der Waals surface area contributed by atoms with Crippen LogP contribution in [0.1, 0.15) is 36.4 Å². The Morgan fingerprint density at radius 2 is 1.69 bits per heavy atom. The van der Waals surface area contributed by atoms with Gasteiger partial charge in [-0.25, -0.2) is 4.98 Å². The SMILES string of the molecule is O=C(O)CC(Nc1ccc(CCCCNc2ccccn2)cc1)c1ccccc1. The van der Waals surface area contributed by atoms with E-state index in [1.54, 1.807) is 6.20 Å². The number of benzene rings is 2. The predicted molar refractivity (Wildman–Crippen MR) is 117 cm³/mol. The van der Waals surface area contributed by atoms with Crippen LogP contribution in [0.25, 0.3) is 0 Å². The highest BCUT2D eigenvalue weighted by molar-refractivity contribution is 5.69. The molecule has 3 aromatic rings. The maximum atomic E-state index is 11.2. The molecule has 0 spiro atoms. The summed E-state index contributed by atoms with van der Waals surface area (Å²) in [5.41, 5.74) is 3.18. The normalized spacial score (nSPS) is 11.6. The molecule has 3 rings (SSSR count). The Morgan fingerprint density at radius 3 is 2.38 bits per heavy atom. The first-order chi connectivity index (χ1) is 14.2. The third-order valence-electron chi connectivity index (χ3n) is 4.74. The first-order valence-electron chi connectivity index (χ1n) is 9.98. The number of unbranched alkanes of at least 4 members (excludes halogenated alkanes) is 1. The van der Waals surface area contributed by atoms with E-state index in [1.807, 2.05) is 60.7 Å². The summed E-state index contributed by atoms with van der Waals surface area (Å²) in [4.78, 5) is 15.5. The van der Waals surface area contributed by atoms with Crippen molar-refractivity contribution in [3.8, 4) is 0 Å². The molecule has 0 fully saturated rings. The van der Waals surface area contributed by atoms with E-state index in [2.05, 4.69) is 27.8 Å². The number of carboxylic acid groups (broad SMARTS) is 1. The number of nitrogens with zero attached hydrogens (tertiary/aromatic N) is 1. The lowest BCUT2D eigenvalue weighted by Gasteiger charge is -2.19. The quantitative estimate of drug-likeness (QED) is 0.396. The zero-order valence-electron chi connectivity index (χ0n) is 16.4. The Hall–Kier alpha value is -3.34. The van der Waals surface area contributed by atoms with Gasteiger partial charge in [-0.3, -0.25) is 4.79 Å². The molecule has 3 N–H and O–H groups in total. The molecule has 1 heterocycles. The Kier molecular flexibility index (Phi) is 7.63. The van der Waals surface area contributed by atoms with Crippen molar-refractivity contribution in [3.05, 3.63) is 90.1 Å². The molecule has 150 valence electrons. The largest absolute Gasteiger partial charge is 0.481 e. The van der Waals surface area contributed by atoms with E-state index >= 15 is 0 Å². The van der Waals surface area contributed by atoms with Gasteiger partial charge in [0.25, 0.3) is 0 Å². The number of carboxylic acids is 1. The fourth-order valence-corrected chi connectivity index (χ4v) is 3.22. The molecule has 0 saturated carbocycles. The number of aryl methyl sites for hydroxylation is 1. The zero-order valence-corrected chi connectivity index (χ0v) is 16.4. The number of aliphatic carboxylic acids is 1. The maximum absolute atomic E-state index is 11.2. The number of anilines is 2. The Bertz CT molecular complexity index is 868. The van der Waals surface area contributed by atoms with Gasteiger partial charge in [0.15, 0.2) is 0 Å². The molecule has 5 heteroatoms. The van der Waals surface area contributed by atoms with Crippen LogP contribution in [0.5, 0.6) is 0 Å². The molecule has 1 aromatic heterocycles. The smallest absolute Gasteiger partial charge is 0.305 e. The van der Waals surface area contributed by atoms with Gasteiger partial charge in [0.1, 0.15) is 5.82 Å². The van der Waals surface area contributed by atoms with E-state index < -0.39 is 5.97 Å². The monoisotopic (exact) mass is 389 g/mol. The van der Waals surface area contributed by atoms with E-state index in [0.717, 1.165) is 42.9 Å². The number of carbonyl (C=O) groups is 1. The minimum atomic E-state index is -0.817. The van der Waals surface area contributed by atoms with Crippen molar-refractivity contribution in [2.24, 2.45) is 0 Å². The van der Waals surface area contributed by atoms with Gasteiger partial charge in [-0.1, -0.05) is 48.5 Å². The molecule has 1 atom stereocenters. The Morgan fingerprint density at radius 1 is 0.931 bits per heavy atom. The van der Waals surface area contributed by atoms with E-state index in [-0.39, 0.29) is 12.5 Å². The fourth-order valence-electron chi connectivity index (χ4n) is 3.22. The van der Waals surface area contributed by atoms with Crippen LogP contribution in [-0.4, -0.2) is 22.6 Å². The Balaban J connectivity index is 1.46. The second-order valence-corrected chi connectivity index (χ2v) is 7.00. The molecular formula is C24H27N3O2. The minimum absolute atomic E-state index is 0.0367. The Labute approximate surface area is 171 Å². The van der Waals surface area contributed by atoms with E-state index in [1.165, 1.54) is 5.56 Å². The molecule has 1 unspecified atom stereocenters. The van der Waals surface area contributed by atoms with E-state index in [0.29, 0.717) is 0 Å². The highest BCUT2D eigenvalue weighted by Crippen LogP contribution is 2.23. The zero-order chi connectivity index (χ0) is 20.3. The summed E-state index contributed by atoms with van der Waals surface area (Å²) >= 11 is 0. The molecular weight excluding hydrogens is 362 g/mol. The van der Waals surface area contributed by atoms with Crippen LogP contribution >= 0.6 is 0 Å². The molecule has 0 saturated heterocycles. The van der Waals surface area contributed by atoms with Crippen LogP contribution in [0.3, 0.4) is 0 Å². The van der Waals surface area contributed by atoms with Gasteiger partial charge in [-0.2, -0.15) is 0 Å². The summed E-state index contributed by atoms with van der Waals surface area (Å²) in [5.74, 6) is 0.0968. The predicted octanol–water partition coefficient (Wildman–Crippen LogP) is 5.14. The van der Waals surface area contributed by atoms with Crippen molar-refractivity contribution in [1.82, 2.24) is 4.98 Å². The average molecular weight is 389 g/mol. The van der Waals surface area contributed by atoms with Gasteiger partial charge in [0.2, 0.25) is 0 Å². The molecule has 29 heavy (non-hydrogen) atoms. The molecule has 0 amide bonds. The van der Waals surface area contributed by atoms with E-state index in [9.17, 15) is 9.90 Å². The highest BCUT2D eigenvalue weighted by Gasteiger charge is 2.15. The second-order valence-electron chi connectivity index (χ2n) is 7.00. The van der Waals surface area contributed by atoms with Gasteiger partial charge in [0.05, 0.1) is 12.5 Å². The van der Waals surface area contributed by atoms with Gasteiger partial charge >= 0.3 is 5.97 Å². The summed E-state index contributed by atoms with van der Waals surface area (Å²) in [6.07, 6.45) is 5.01. The van der Waals surface area contributed by atoms with Gasteiger partial charge < -0.3 is 15.7 Å². The fraction of sp³-hybridized carbons (Fsp3) is 0.250. The number of nitrogens with one attached hydrogen (secondary N) is 2. The molecule has 0 aliphatic rings. The lowest BCUT2D eigenvalue weighted by Crippen LogP contribution is -2.15. The van der Waals surface area contributed by atoms with Crippen molar-refractivity contribution in [2.45, 2.75) is 31.7 Å². The lowest BCUT2D eigenvalue weighted by atomic mass is 10.0. The molecule has 0 radical (unpaired) electrons. The van der Waals surface area contributed by atoms with Crippen LogP contribution in [-0.2, 0) is 11.2 Å². The molecule has 0 bridgehead atoms. The topological polar surface area (TPSA) is 74.2 Å². The standard InChI is InChI=1S/C24H27N3O2/c28-24(29)18-22(20-9-2-1-3-10-20)27-21-14-12-19(13-15-21)8-4-6-16-25-23-11-5-7-17-26-23/h1-3,5,7,9-15,17,22,27H,4,6,8,16,18H2,(H,25,26)(H,28,29). The number of hydrogen-bond acceptors (Lipinski definition) is 4. The van der Waals surface area contributed by atoms with E-state index in [4.69, 9.17) is 0 Å². The second kappa shape index (κ2) is 10.9. The first kappa shape index (κ1) is 20.4. The molecule has 2 aromatic carbocycles. The molecule has 0 aliphatic carbocycles. The van der Waals surface area contributed by atoms with Crippen LogP contribution in [0.2, 0.25) is 0 Å². The van der Waals surface area contributed by atoms with Crippen molar-refractivity contribution in [3.63, 3.8) is 0 Å². The summed E-state index contributed by atoms with van der Waals surface area (Å²) in [6, 6.07) is 23.6. The van der Waals surface area contributed by atoms with Crippen LogP contribution < -0.4 is 10.6 Å². The summed E-state index contributed by atoms with van der Waals surface area (Å²) in [5, 5.41) is 15.9. The van der Waals surface area contributed by atoms with Crippen LogP contribution in [0, 0.1) is 0 Å². The first-order valence-corrected chi connectivity index (χ1v) is 9.98. The van der Waals surface area contributed by atoms with Crippen molar-refractivity contribution in [1.29, 1.82) is 0 Å². The maximum Gasteiger partial charge on any atom is 0.305 e. The number of rotatable bonds is 11. The lowest BCUT2D eigenvalue weighted by molar-refractivity contribution is -0.137. The van der Waals surface area contributed by atoms with Crippen molar-refractivity contribution >= 4 is 17.5 Å². The number of pyridine rings is 1. The summed E-state index contributed by atoms with van der Waals surface area (Å²) in [7, 11) is 0. The number of hydrogen-bond donors (Lipinski definition) is 3. The average Bonchev–Trinajstić information content (AvgIpc) is 2.75. The molecule has 5 nitrogen and oxygen atoms in total. The number of aromatic nitrogens is 1. The summed E-state index contributed by atoms with van der Waals surface area (Å²) in [6.45, 7) is 0.907. The van der Waals surface area contributed by atoms with Crippen LogP contribution in [0.4, 0.5) is 11.5 Å². The highest BCUT2D eigenvalue weighted by atomic mass is 16.4. The summed E-state index contributed by atoms with van der Waals surface area (Å²) < 4.78 is 0. The minimum Gasteiger partial charge on any atom is -0.481 e. The van der Waals surface area contributed by atoms with Gasteiger partial charge in [-0.05, 0) is 54.7 Å². The van der Waals surface area contributed by atoms with Gasteiger partial charge in [0, 0.05) is 18.4 Å². The van der Waals surface area contributed by atoms with Crippen molar-refractivity contribution < 1.29 is 9.90 Å². The van der Waals surface area contributed by atoms with Crippen molar-refractivity contribution in [2.75, 3.05) is 17.2 Å². The third kappa shape index (κ3) is 6.96. The van der Waals surface area contributed by atoms with Gasteiger partial charge in [-0.15, -0.1) is 0 Å². The third-order valence-corrected chi connectivity index (χ3v) is 4.74. The van der Waals surface area contributed by atoms with Crippen LogP contribution in [0.15, 0.2) is 79.0 Å².